The van der Waals surface area contributed by atoms with E-state index in [-0.39, 0.29) is 17.9 Å². The van der Waals surface area contributed by atoms with Crippen molar-refractivity contribution in [1.82, 2.24) is 0 Å². The number of phenolic OH excluding ortho intramolecular Hbond substituents is 1. The topological polar surface area (TPSA) is 75.3 Å². The number of benzene rings is 2. The van der Waals surface area contributed by atoms with Gasteiger partial charge in [-0.25, -0.2) is 4.39 Å². The minimum atomic E-state index is -0.840. The number of carbonyl (C=O) groups is 1. The lowest BCUT2D eigenvalue weighted by Crippen LogP contribution is -2.37. The normalized spacial score (nSPS) is 12.0. The number of carbonyl (C=O) groups excluding carboxylic acids is 1. The molecule has 0 aromatic heterocycles. The van der Waals surface area contributed by atoms with Crippen LogP contribution in [0.3, 0.4) is 0 Å². The monoisotopic (exact) mass is 308 g/mol. The molecule has 110 valence electrons. The third kappa shape index (κ3) is 4.18. The number of nitrogens with two attached hydrogens (primary N) is 1. The van der Waals surface area contributed by atoms with Crippen molar-refractivity contribution in [3.63, 3.8) is 0 Å². The van der Waals surface area contributed by atoms with Crippen molar-refractivity contribution in [2.24, 2.45) is 5.73 Å². The number of hydrogen-bond donors (Lipinski definition) is 3. The van der Waals surface area contributed by atoms with Crippen molar-refractivity contribution in [3.05, 3.63) is 58.9 Å². The maximum absolute atomic E-state index is 13.5. The lowest BCUT2D eigenvalue weighted by atomic mass is 10.1. The third-order valence-corrected chi connectivity index (χ3v) is 3.15. The fourth-order valence-electron chi connectivity index (χ4n) is 1.80. The van der Waals surface area contributed by atoms with Gasteiger partial charge in [-0.2, -0.15) is 0 Å². The van der Waals surface area contributed by atoms with E-state index in [0.717, 1.165) is 5.56 Å². The molecular weight excluding hydrogens is 295 g/mol. The van der Waals surface area contributed by atoms with Crippen LogP contribution in [-0.4, -0.2) is 17.1 Å². The van der Waals surface area contributed by atoms with E-state index in [9.17, 15) is 14.3 Å². The Kier molecular flexibility index (Phi) is 4.77. The predicted molar refractivity (Wildman–Crippen MR) is 79.8 cm³/mol. The van der Waals surface area contributed by atoms with Crippen LogP contribution in [0, 0.1) is 5.82 Å². The highest BCUT2D eigenvalue weighted by Crippen LogP contribution is 2.20. The molecule has 0 bridgehead atoms. The first-order valence-electron chi connectivity index (χ1n) is 6.25. The van der Waals surface area contributed by atoms with Gasteiger partial charge in [-0.15, -0.1) is 0 Å². The number of rotatable bonds is 4. The molecule has 0 heterocycles. The molecule has 0 spiro atoms. The molecular formula is C15H14ClFN2O2. The van der Waals surface area contributed by atoms with E-state index in [1.165, 1.54) is 30.3 Å². The molecule has 2 aromatic rings. The maximum atomic E-state index is 13.5. The Morgan fingerprint density at radius 2 is 1.95 bits per heavy atom. The molecule has 0 aliphatic heterocycles. The molecule has 1 unspecified atom stereocenters. The highest BCUT2D eigenvalue weighted by atomic mass is 35.5. The smallest absolute Gasteiger partial charge is 0.241 e. The fourth-order valence-corrected chi connectivity index (χ4v) is 1.97. The van der Waals surface area contributed by atoms with Crippen LogP contribution in [0.4, 0.5) is 10.1 Å². The van der Waals surface area contributed by atoms with Crippen LogP contribution in [0.15, 0.2) is 42.5 Å². The van der Waals surface area contributed by atoms with E-state index in [4.69, 9.17) is 17.3 Å². The van der Waals surface area contributed by atoms with Gasteiger partial charge in [0.15, 0.2) is 0 Å². The highest BCUT2D eigenvalue weighted by Gasteiger charge is 2.16. The van der Waals surface area contributed by atoms with Crippen LogP contribution in [0.25, 0.3) is 0 Å². The average Bonchev–Trinajstić information content (AvgIpc) is 2.45. The zero-order chi connectivity index (χ0) is 15.4. The number of anilines is 1. The van der Waals surface area contributed by atoms with Gasteiger partial charge in [0.2, 0.25) is 5.91 Å². The zero-order valence-electron chi connectivity index (χ0n) is 11.0. The Labute approximate surface area is 126 Å². The number of hydrogen-bond acceptors (Lipinski definition) is 3. The molecule has 0 aliphatic carbocycles. The number of phenols is 1. The van der Waals surface area contributed by atoms with Crippen LogP contribution in [0.5, 0.6) is 5.75 Å². The van der Waals surface area contributed by atoms with E-state index in [1.54, 1.807) is 12.1 Å². The summed E-state index contributed by atoms with van der Waals surface area (Å²) in [6.07, 6.45) is 0.272. The molecule has 2 rings (SSSR count). The van der Waals surface area contributed by atoms with Crippen molar-refractivity contribution < 1.29 is 14.3 Å². The second kappa shape index (κ2) is 6.56. The number of aromatic hydroxyl groups is 1. The van der Waals surface area contributed by atoms with E-state index in [1.807, 2.05) is 0 Å². The van der Waals surface area contributed by atoms with E-state index < -0.39 is 17.8 Å². The van der Waals surface area contributed by atoms with Crippen LogP contribution >= 0.6 is 11.6 Å². The summed E-state index contributed by atoms with van der Waals surface area (Å²) in [5.41, 5.74) is 6.58. The fraction of sp³-hybridized carbons (Fsp3) is 0.133. The van der Waals surface area contributed by atoms with Crippen LogP contribution in [-0.2, 0) is 11.2 Å². The molecule has 1 atom stereocenters. The van der Waals surface area contributed by atoms with Gasteiger partial charge in [0.1, 0.15) is 11.6 Å². The second-order valence-electron chi connectivity index (χ2n) is 4.59. The molecule has 2 aromatic carbocycles. The highest BCUT2D eigenvalue weighted by molar-refractivity contribution is 6.30. The van der Waals surface area contributed by atoms with Gasteiger partial charge >= 0.3 is 0 Å². The Balaban J connectivity index is 2.02. The molecule has 6 heteroatoms. The van der Waals surface area contributed by atoms with E-state index in [2.05, 4.69) is 5.32 Å². The Morgan fingerprint density at radius 1 is 1.29 bits per heavy atom. The van der Waals surface area contributed by atoms with Gasteiger partial charge < -0.3 is 16.2 Å². The SMILES string of the molecule is NC(Cc1ccc(O)cc1)C(=O)Nc1cc(Cl)ccc1F. The lowest BCUT2D eigenvalue weighted by molar-refractivity contribution is -0.117. The summed E-state index contributed by atoms with van der Waals surface area (Å²) < 4.78 is 13.5. The van der Waals surface area contributed by atoms with Crippen LogP contribution in [0.2, 0.25) is 5.02 Å². The van der Waals surface area contributed by atoms with Gasteiger partial charge in [-0.3, -0.25) is 4.79 Å². The molecule has 0 fully saturated rings. The summed E-state index contributed by atoms with van der Waals surface area (Å²) in [6, 6.07) is 9.40. The molecule has 21 heavy (non-hydrogen) atoms. The third-order valence-electron chi connectivity index (χ3n) is 2.92. The van der Waals surface area contributed by atoms with Gasteiger partial charge in [0, 0.05) is 5.02 Å². The Hall–Kier alpha value is -2.11. The Bertz CT molecular complexity index is 647. The van der Waals surface area contributed by atoms with Gasteiger partial charge in [0.05, 0.1) is 11.7 Å². The molecule has 0 radical (unpaired) electrons. The minimum absolute atomic E-state index is 0.00587. The molecule has 0 saturated heterocycles. The summed E-state index contributed by atoms with van der Waals surface area (Å²) in [4.78, 5) is 12.0. The van der Waals surface area contributed by atoms with Crippen molar-refractivity contribution in [1.29, 1.82) is 0 Å². The van der Waals surface area contributed by atoms with Crippen molar-refractivity contribution in [3.8, 4) is 5.75 Å². The molecule has 1 amide bonds. The molecule has 4 nitrogen and oxygen atoms in total. The van der Waals surface area contributed by atoms with Gasteiger partial charge in [0.25, 0.3) is 0 Å². The molecule has 0 saturated carbocycles. The number of amides is 1. The summed E-state index contributed by atoms with van der Waals surface area (Å²) in [7, 11) is 0. The van der Waals surface area contributed by atoms with Crippen molar-refractivity contribution in [2.75, 3.05) is 5.32 Å². The Morgan fingerprint density at radius 3 is 2.62 bits per heavy atom. The summed E-state index contributed by atoms with van der Waals surface area (Å²) in [5, 5.41) is 11.9. The summed E-state index contributed by atoms with van der Waals surface area (Å²) in [5.74, 6) is -0.952. The first-order chi connectivity index (χ1) is 9.95. The molecule has 0 aliphatic rings. The summed E-state index contributed by atoms with van der Waals surface area (Å²) in [6.45, 7) is 0. The standard InChI is InChI=1S/C15H14ClFN2O2/c16-10-3-6-12(17)14(8-10)19-15(21)13(18)7-9-1-4-11(20)5-2-9/h1-6,8,13,20H,7,18H2,(H,19,21). The lowest BCUT2D eigenvalue weighted by Gasteiger charge is -2.13. The number of halogens is 2. The van der Waals surface area contributed by atoms with E-state index in [0.29, 0.717) is 5.02 Å². The summed E-state index contributed by atoms with van der Waals surface area (Å²) >= 11 is 5.75. The molecule has 4 N–H and O–H groups in total. The first-order valence-corrected chi connectivity index (χ1v) is 6.63. The largest absolute Gasteiger partial charge is 0.508 e. The van der Waals surface area contributed by atoms with Gasteiger partial charge in [-0.1, -0.05) is 23.7 Å². The van der Waals surface area contributed by atoms with Crippen molar-refractivity contribution >= 4 is 23.2 Å². The van der Waals surface area contributed by atoms with E-state index >= 15 is 0 Å². The average molecular weight is 309 g/mol. The van der Waals surface area contributed by atoms with Crippen LogP contribution < -0.4 is 11.1 Å². The number of nitrogens with one attached hydrogen (secondary N) is 1. The quantitative estimate of drug-likeness (QED) is 0.813. The predicted octanol–water partition coefficient (Wildman–Crippen LogP) is 2.69. The zero-order valence-corrected chi connectivity index (χ0v) is 11.8. The van der Waals surface area contributed by atoms with Gasteiger partial charge in [-0.05, 0) is 42.3 Å². The van der Waals surface area contributed by atoms with Crippen molar-refractivity contribution in [2.45, 2.75) is 12.5 Å². The van der Waals surface area contributed by atoms with Crippen LogP contribution in [0.1, 0.15) is 5.56 Å². The second-order valence-corrected chi connectivity index (χ2v) is 5.03. The maximum Gasteiger partial charge on any atom is 0.241 e. The first kappa shape index (κ1) is 15.3. The minimum Gasteiger partial charge on any atom is -0.508 e.